The number of aliphatic hydroxyl groups excluding tert-OH is 1. The van der Waals surface area contributed by atoms with E-state index in [0.717, 1.165) is 18.4 Å². The Morgan fingerprint density at radius 1 is 1.00 bits per heavy atom. The number of ketones is 1. The van der Waals surface area contributed by atoms with Crippen LogP contribution in [0.3, 0.4) is 0 Å². The van der Waals surface area contributed by atoms with Gasteiger partial charge in [0.15, 0.2) is 5.78 Å². The van der Waals surface area contributed by atoms with Crippen LogP contribution in [0.15, 0.2) is 41.6 Å². The maximum Gasteiger partial charge on any atom is 0.315 e. The fourth-order valence-corrected chi connectivity index (χ4v) is 9.36. The largest absolute Gasteiger partial charge is 0.396 e. The normalized spacial score (nSPS) is 29.9. The van der Waals surface area contributed by atoms with Crippen LogP contribution in [0.2, 0.25) is 0 Å². The zero-order valence-corrected chi connectivity index (χ0v) is 29.8. The van der Waals surface area contributed by atoms with E-state index in [1.807, 2.05) is 76.8 Å². The van der Waals surface area contributed by atoms with Crippen molar-refractivity contribution in [1.82, 2.24) is 25.8 Å². The molecule has 4 fully saturated rings. The lowest BCUT2D eigenvalue weighted by Gasteiger charge is -2.44. The van der Waals surface area contributed by atoms with E-state index < -0.39 is 41.3 Å². The van der Waals surface area contributed by atoms with Crippen LogP contribution in [0.4, 0.5) is 4.79 Å². The first-order valence-corrected chi connectivity index (χ1v) is 17.4. The Kier molecular flexibility index (Phi) is 8.10. The minimum Gasteiger partial charge on any atom is -0.396 e. The van der Waals surface area contributed by atoms with E-state index in [1.54, 1.807) is 4.90 Å². The summed E-state index contributed by atoms with van der Waals surface area (Å²) in [5, 5.41) is 21.0. The molecular weight excluding hydrogens is 608 g/mol. The molecule has 0 radical (unpaired) electrons. The average Bonchev–Trinajstić information content (AvgIpc) is 3.18. The van der Waals surface area contributed by atoms with Crippen LogP contribution < -0.4 is 21.7 Å². The molecule has 5 aliphatic rings. The van der Waals surface area contributed by atoms with Gasteiger partial charge in [0, 0.05) is 41.6 Å². The van der Waals surface area contributed by atoms with Gasteiger partial charge in [-0.05, 0) is 80.9 Å². The van der Waals surface area contributed by atoms with Crippen molar-refractivity contribution >= 4 is 23.6 Å². The monoisotopic (exact) mass is 662 g/mol. The summed E-state index contributed by atoms with van der Waals surface area (Å²) in [7, 11) is 0. The number of nitrogens with two attached hydrogens (primary N) is 1. The van der Waals surface area contributed by atoms with Gasteiger partial charge in [-0.1, -0.05) is 52.8 Å². The first-order chi connectivity index (χ1) is 22.2. The zero-order valence-electron chi connectivity index (χ0n) is 29.8. The lowest BCUT2D eigenvalue weighted by molar-refractivity contribution is -0.139. The van der Waals surface area contributed by atoms with Crippen LogP contribution in [0.1, 0.15) is 91.4 Å². The Morgan fingerprint density at radius 2 is 1.65 bits per heavy atom. The maximum atomic E-state index is 14.7. The number of likely N-dealkylation sites (tertiary alicyclic amines) is 2. The van der Waals surface area contributed by atoms with Crippen LogP contribution in [0.5, 0.6) is 0 Å². The Hall–Kier alpha value is -3.44. The molecule has 6 N–H and O–H groups in total. The van der Waals surface area contributed by atoms with Crippen molar-refractivity contribution < 1.29 is 24.3 Å². The number of Topliss-reactive ketones (excluding diaryl/α,β-unsaturated/α-hetero) is 1. The number of hydrogen-bond acceptors (Lipinski definition) is 7. The summed E-state index contributed by atoms with van der Waals surface area (Å²) in [5.74, 6) is -0.248. The van der Waals surface area contributed by atoms with E-state index in [0.29, 0.717) is 43.7 Å². The Labute approximate surface area is 284 Å². The second-order valence-electron chi connectivity index (χ2n) is 17.6. The van der Waals surface area contributed by atoms with Gasteiger partial charge in [0.1, 0.15) is 12.3 Å². The van der Waals surface area contributed by atoms with Crippen LogP contribution in [0, 0.1) is 27.6 Å². The summed E-state index contributed by atoms with van der Waals surface area (Å²) < 4.78 is 0. The second-order valence-corrected chi connectivity index (χ2v) is 17.6. The van der Waals surface area contributed by atoms with E-state index >= 15 is 0 Å². The van der Waals surface area contributed by atoms with Crippen molar-refractivity contribution in [2.75, 3.05) is 19.6 Å². The predicted octanol–water partition coefficient (Wildman–Crippen LogP) is 3.14. The third-order valence-electron chi connectivity index (χ3n) is 12.5. The minimum absolute atomic E-state index is 0.0121. The first-order valence-electron chi connectivity index (χ1n) is 17.4. The molecule has 0 aromatic heterocycles. The molecule has 1 aromatic carbocycles. The van der Waals surface area contributed by atoms with Crippen molar-refractivity contribution in [2.24, 2.45) is 33.3 Å². The Balaban J connectivity index is 1.28. The number of nitrogens with one attached hydrogen (secondary N) is 3. The first kappa shape index (κ1) is 34.4. The van der Waals surface area contributed by atoms with E-state index in [4.69, 9.17) is 5.73 Å². The predicted molar refractivity (Wildman–Crippen MR) is 182 cm³/mol. The standard InChI is InChI=1S/C37H54N6O5/c1-33(2,3)28(40-32(48)41-34(4,5)6)31(47)43-20-36(17-25(43)29(45)39-24-16-22-14-15-23(22)26(38)27(24)44)35(7,8)37(36)18-42(19-37)30(46)21-12-10-9-11-13-21/h9-13,22,24-25,28-29,39,45H,14-20,38H2,1-8H3,(H2,40,41,48)/t22?,24?,25-,28+,29?,36+/m0/s1. The number of carbonyl (C=O) groups is 4. The number of amides is 4. The lowest BCUT2D eigenvalue weighted by Crippen LogP contribution is -2.62. The summed E-state index contributed by atoms with van der Waals surface area (Å²) in [4.78, 5) is 58.0. The molecule has 2 saturated heterocycles. The van der Waals surface area contributed by atoms with Crippen molar-refractivity contribution in [2.45, 2.75) is 111 Å². The number of hydrogen-bond donors (Lipinski definition) is 5. The molecule has 2 heterocycles. The van der Waals surface area contributed by atoms with E-state index in [-0.39, 0.29) is 39.8 Å². The molecule has 48 heavy (non-hydrogen) atoms. The summed E-state index contributed by atoms with van der Waals surface area (Å²) in [6, 6.07) is 6.64. The molecule has 2 aliphatic heterocycles. The van der Waals surface area contributed by atoms with Gasteiger partial charge in [0.25, 0.3) is 5.91 Å². The van der Waals surface area contributed by atoms with Crippen molar-refractivity contribution in [3.05, 3.63) is 47.2 Å². The summed E-state index contributed by atoms with van der Waals surface area (Å²) in [6.07, 6.45) is 1.69. The number of allylic oxidation sites excluding steroid dienone is 1. The molecular formula is C37H54N6O5. The number of aliphatic hydroxyl groups is 1. The second kappa shape index (κ2) is 11.3. The minimum atomic E-state index is -1.20. The number of benzene rings is 1. The number of urea groups is 1. The van der Waals surface area contributed by atoms with Crippen LogP contribution in [-0.2, 0) is 9.59 Å². The maximum absolute atomic E-state index is 14.7. The van der Waals surface area contributed by atoms with Gasteiger partial charge in [0.05, 0.1) is 17.8 Å². The van der Waals surface area contributed by atoms with E-state index in [9.17, 15) is 24.3 Å². The molecule has 0 bridgehead atoms. The van der Waals surface area contributed by atoms with Gasteiger partial charge < -0.3 is 31.3 Å². The fraction of sp³-hybridized carbons (Fsp3) is 0.676. The molecule has 2 saturated carbocycles. The van der Waals surface area contributed by atoms with Gasteiger partial charge >= 0.3 is 6.03 Å². The topological polar surface area (TPSA) is 157 Å². The SMILES string of the molecule is CC(C)(C)NC(=O)N[C@H](C(=O)N1C[C@]2(C[C@H]1C(O)NC1CC3CCC3=C(N)C1=O)C(C)(C)C21CN(C(=O)c2ccccc2)C1)C(C)(C)C. The molecule has 2 spiro atoms. The molecule has 4 amide bonds. The van der Waals surface area contributed by atoms with Crippen LogP contribution in [0.25, 0.3) is 0 Å². The fourth-order valence-electron chi connectivity index (χ4n) is 9.36. The highest BCUT2D eigenvalue weighted by atomic mass is 16.3. The molecule has 262 valence electrons. The molecule has 11 heteroatoms. The third-order valence-corrected chi connectivity index (χ3v) is 12.5. The highest BCUT2D eigenvalue weighted by Gasteiger charge is 2.87. The number of fused-ring (bicyclic) bond motifs is 2. The molecule has 3 unspecified atom stereocenters. The Morgan fingerprint density at radius 3 is 2.21 bits per heavy atom. The van der Waals surface area contributed by atoms with Gasteiger partial charge in [-0.25, -0.2) is 4.79 Å². The number of nitrogens with zero attached hydrogens (tertiary/aromatic N) is 2. The van der Waals surface area contributed by atoms with E-state index in [2.05, 4.69) is 29.8 Å². The molecule has 6 rings (SSSR count). The summed E-state index contributed by atoms with van der Waals surface area (Å²) in [6.45, 7) is 17.3. The van der Waals surface area contributed by atoms with Gasteiger partial charge in [-0.15, -0.1) is 0 Å². The molecule has 1 aromatic rings. The number of carbonyl (C=O) groups excluding carboxylic acids is 4. The molecule has 6 atom stereocenters. The van der Waals surface area contributed by atoms with Crippen LogP contribution in [-0.4, -0.2) is 88.1 Å². The molecule has 11 nitrogen and oxygen atoms in total. The highest BCUT2D eigenvalue weighted by molar-refractivity contribution is 6.00. The third kappa shape index (κ3) is 5.32. The van der Waals surface area contributed by atoms with Crippen LogP contribution >= 0.6 is 0 Å². The summed E-state index contributed by atoms with van der Waals surface area (Å²) in [5.41, 5.74) is 6.22. The van der Waals surface area contributed by atoms with Gasteiger partial charge in [0.2, 0.25) is 5.91 Å². The Bertz CT molecular complexity index is 1530. The van der Waals surface area contributed by atoms with Crippen molar-refractivity contribution in [1.29, 1.82) is 0 Å². The quantitative estimate of drug-likeness (QED) is 0.293. The average molecular weight is 663 g/mol. The summed E-state index contributed by atoms with van der Waals surface area (Å²) >= 11 is 0. The van der Waals surface area contributed by atoms with Crippen molar-refractivity contribution in [3.8, 4) is 0 Å². The zero-order chi connectivity index (χ0) is 35.2. The molecule has 3 aliphatic carbocycles. The number of rotatable bonds is 6. The van der Waals surface area contributed by atoms with E-state index in [1.165, 1.54) is 0 Å². The lowest BCUT2D eigenvalue weighted by atomic mass is 9.69. The van der Waals surface area contributed by atoms with Gasteiger partial charge in [-0.2, -0.15) is 0 Å². The van der Waals surface area contributed by atoms with Crippen molar-refractivity contribution in [3.63, 3.8) is 0 Å². The van der Waals surface area contributed by atoms with Gasteiger partial charge in [-0.3, -0.25) is 19.7 Å². The smallest absolute Gasteiger partial charge is 0.315 e. The highest BCUT2D eigenvalue weighted by Crippen LogP contribution is 2.84.